The standard InChI is InChI=1S/C27H22BrFN2O4/c1-2-34-25-13-20(23(28)14-26(25)35-16-17-6-5-9-21(29)10-17)15-30-31-27(33)22-11-18-7-3-4-8-19(18)12-24(22)32/h3-15,32H,2,16H2,1H3,(H,31,33). The van der Waals surface area contributed by atoms with Crippen molar-refractivity contribution in [1.29, 1.82) is 0 Å². The number of halogens is 2. The van der Waals surface area contributed by atoms with E-state index in [1.807, 2.05) is 31.2 Å². The molecular weight excluding hydrogens is 515 g/mol. The number of carbonyl (C=O) groups excluding carboxylic acids is 1. The number of nitrogens with zero attached hydrogens (tertiary/aromatic N) is 1. The van der Waals surface area contributed by atoms with Gasteiger partial charge >= 0.3 is 0 Å². The van der Waals surface area contributed by atoms with Crippen LogP contribution in [0.4, 0.5) is 4.39 Å². The fraction of sp³-hybridized carbons (Fsp3) is 0.111. The Labute approximate surface area is 210 Å². The molecule has 0 aliphatic carbocycles. The first-order valence-electron chi connectivity index (χ1n) is 10.8. The van der Waals surface area contributed by atoms with Crippen LogP contribution in [-0.4, -0.2) is 23.8 Å². The number of hydrazone groups is 1. The summed E-state index contributed by atoms with van der Waals surface area (Å²) < 4.78 is 25.6. The zero-order valence-electron chi connectivity index (χ0n) is 18.8. The van der Waals surface area contributed by atoms with Gasteiger partial charge in [-0.15, -0.1) is 0 Å². The van der Waals surface area contributed by atoms with Gasteiger partial charge in [0.1, 0.15) is 18.2 Å². The van der Waals surface area contributed by atoms with Gasteiger partial charge in [0.05, 0.1) is 18.4 Å². The molecule has 35 heavy (non-hydrogen) atoms. The summed E-state index contributed by atoms with van der Waals surface area (Å²) in [5.41, 5.74) is 3.88. The van der Waals surface area contributed by atoms with Crippen molar-refractivity contribution in [1.82, 2.24) is 5.43 Å². The normalized spacial score (nSPS) is 11.1. The first-order valence-corrected chi connectivity index (χ1v) is 11.6. The molecule has 4 rings (SSSR count). The molecule has 4 aromatic carbocycles. The highest BCUT2D eigenvalue weighted by Crippen LogP contribution is 2.34. The van der Waals surface area contributed by atoms with Crippen LogP contribution in [0.2, 0.25) is 0 Å². The van der Waals surface area contributed by atoms with Crippen LogP contribution in [-0.2, 0) is 6.61 Å². The molecule has 0 atom stereocenters. The smallest absolute Gasteiger partial charge is 0.275 e. The van der Waals surface area contributed by atoms with Crippen LogP contribution in [0.15, 0.2) is 82.4 Å². The van der Waals surface area contributed by atoms with Gasteiger partial charge in [-0.3, -0.25) is 4.79 Å². The van der Waals surface area contributed by atoms with E-state index >= 15 is 0 Å². The van der Waals surface area contributed by atoms with E-state index in [2.05, 4.69) is 26.5 Å². The number of aromatic hydroxyl groups is 1. The number of nitrogens with one attached hydrogen (secondary N) is 1. The molecule has 0 radical (unpaired) electrons. The van der Waals surface area contributed by atoms with Crippen LogP contribution in [0.5, 0.6) is 17.2 Å². The number of phenolic OH excluding ortho intramolecular Hbond substituents is 1. The Morgan fingerprint density at radius 1 is 1.03 bits per heavy atom. The zero-order chi connectivity index (χ0) is 24.8. The molecule has 0 aromatic heterocycles. The van der Waals surface area contributed by atoms with Crippen LogP contribution < -0.4 is 14.9 Å². The molecule has 0 unspecified atom stereocenters. The van der Waals surface area contributed by atoms with Crippen LogP contribution in [0.3, 0.4) is 0 Å². The third kappa shape index (κ3) is 5.96. The maximum absolute atomic E-state index is 13.4. The van der Waals surface area contributed by atoms with E-state index in [9.17, 15) is 14.3 Å². The van der Waals surface area contributed by atoms with Crippen LogP contribution in [0.25, 0.3) is 10.8 Å². The van der Waals surface area contributed by atoms with Gasteiger partial charge in [-0.05, 0) is 75.6 Å². The maximum atomic E-state index is 13.4. The summed E-state index contributed by atoms with van der Waals surface area (Å²) >= 11 is 3.48. The minimum Gasteiger partial charge on any atom is -0.507 e. The topological polar surface area (TPSA) is 80.2 Å². The minimum atomic E-state index is -0.541. The van der Waals surface area contributed by atoms with E-state index in [4.69, 9.17) is 9.47 Å². The van der Waals surface area contributed by atoms with Gasteiger partial charge in [-0.1, -0.05) is 36.4 Å². The maximum Gasteiger partial charge on any atom is 0.275 e. The number of hydrogen-bond donors (Lipinski definition) is 2. The molecule has 8 heteroatoms. The van der Waals surface area contributed by atoms with Gasteiger partial charge in [0, 0.05) is 10.0 Å². The molecule has 4 aromatic rings. The molecule has 0 saturated heterocycles. The Kier molecular flexibility index (Phi) is 7.62. The molecule has 0 aliphatic heterocycles. The third-order valence-electron chi connectivity index (χ3n) is 5.12. The number of amides is 1. The number of phenols is 1. The number of fused-ring (bicyclic) bond motifs is 1. The average Bonchev–Trinajstić information content (AvgIpc) is 2.84. The summed E-state index contributed by atoms with van der Waals surface area (Å²) in [6.45, 7) is 2.43. The Bertz CT molecular complexity index is 1410. The monoisotopic (exact) mass is 536 g/mol. The van der Waals surface area contributed by atoms with Gasteiger partial charge in [-0.25, -0.2) is 9.82 Å². The Morgan fingerprint density at radius 2 is 1.77 bits per heavy atom. The zero-order valence-corrected chi connectivity index (χ0v) is 20.4. The van der Waals surface area contributed by atoms with E-state index in [0.29, 0.717) is 33.7 Å². The van der Waals surface area contributed by atoms with Gasteiger partial charge < -0.3 is 14.6 Å². The second-order valence-electron chi connectivity index (χ2n) is 7.59. The third-order valence-corrected chi connectivity index (χ3v) is 5.81. The van der Waals surface area contributed by atoms with Crippen molar-refractivity contribution < 1.29 is 23.8 Å². The van der Waals surface area contributed by atoms with E-state index in [1.165, 1.54) is 18.3 Å². The molecule has 6 nitrogen and oxygen atoms in total. The lowest BCUT2D eigenvalue weighted by atomic mass is 10.1. The molecule has 0 aliphatic rings. The average molecular weight is 537 g/mol. The lowest BCUT2D eigenvalue weighted by Crippen LogP contribution is -2.17. The molecular formula is C27H22BrFN2O4. The number of ether oxygens (including phenoxy) is 2. The van der Waals surface area contributed by atoms with E-state index < -0.39 is 5.91 Å². The van der Waals surface area contributed by atoms with Crippen molar-refractivity contribution in [3.63, 3.8) is 0 Å². The lowest BCUT2D eigenvalue weighted by molar-refractivity contribution is 0.0952. The summed E-state index contributed by atoms with van der Waals surface area (Å²) in [6.07, 6.45) is 1.46. The Morgan fingerprint density at radius 3 is 2.51 bits per heavy atom. The number of hydrogen-bond acceptors (Lipinski definition) is 5. The van der Waals surface area contributed by atoms with E-state index in [-0.39, 0.29) is 23.7 Å². The molecule has 1 amide bonds. The van der Waals surface area contributed by atoms with Gasteiger partial charge in [0.15, 0.2) is 11.5 Å². The van der Waals surface area contributed by atoms with Gasteiger partial charge in [-0.2, -0.15) is 5.10 Å². The predicted molar refractivity (Wildman–Crippen MR) is 137 cm³/mol. The Balaban J connectivity index is 1.49. The van der Waals surface area contributed by atoms with Crippen molar-refractivity contribution in [2.45, 2.75) is 13.5 Å². The second-order valence-corrected chi connectivity index (χ2v) is 8.44. The molecule has 2 N–H and O–H groups in total. The fourth-order valence-corrected chi connectivity index (χ4v) is 3.87. The van der Waals surface area contributed by atoms with Crippen molar-refractivity contribution in [3.8, 4) is 17.2 Å². The molecule has 0 heterocycles. The minimum absolute atomic E-state index is 0.121. The first-order chi connectivity index (χ1) is 16.9. The molecule has 0 bridgehead atoms. The van der Waals surface area contributed by atoms with Gasteiger partial charge in [0.25, 0.3) is 5.91 Å². The first kappa shape index (κ1) is 24.2. The quantitative estimate of drug-likeness (QED) is 0.208. The van der Waals surface area contributed by atoms with E-state index in [0.717, 1.165) is 10.8 Å². The van der Waals surface area contributed by atoms with E-state index in [1.54, 1.807) is 36.4 Å². The lowest BCUT2D eigenvalue weighted by Gasteiger charge is -2.14. The second kappa shape index (κ2) is 11.0. The number of benzene rings is 4. The number of rotatable bonds is 8. The van der Waals surface area contributed by atoms with Crippen molar-refractivity contribution in [2.24, 2.45) is 5.10 Å². The predicted octanol–water partition coefficient (Wildman–Crippen LogP) is 6.19. The molecule has 0 fully saturated rings. The van der Waals surface area contributed by atoms with Crippen LogP contribution >= 0.6 is 15.9 Å². The Hall–Kier alpha value is -3.91. The van der Waals surface area contributed by atoms with Crippen molar-refractivity contribution in [3.05, 3.63) is 99.8 Å². The summed E-state index contributed by atoms with van der Waals surface area (Å²) in [7, 11) is 0. The van der Waals surface area contributed by atoms with Crippen molar-refractivity contribution >= 4 is 38.8 Å². The van der Waals surface area contributed by atoms with Crippen LogP contribution in [0, 0.1) is 5.82 Å². The highest BCUT2D eigenvalue weighted by atomic mass is 79.9. The largest absolute Gasteiger partial charge is 0.507 e. The fourth-order valence-electron chi connectivity index (χ4n) is 3.45. The summed E-state index contributed by atoms with van der Waals surface area (Å²) in [5, 5.41) is 15.9. The highest BCUT2D eigenvalue weighted by Gasteiger charge is 2.13. The van der Waals surface area contributed by atoms with Crippen molar-refractivity contribution in [2.75, 3.05) is 6.61 Å². The highest BCUT2D eigenvalue weighted by molar-refractivity contribution is 9.10. The summed E-state index contributed by atoms with van der Waals surface area (Å²) in [4.78, 5) is 12.6. The molecule has 0 spiro atoms. The van der Waals surface area contributed by atoms with Gasteiger partial charge in [0.2, 0.25) is 0 Å². The molecule has 178 valence electrons. The summed E-state index contributed by atoms with van der Waals surface area (Å²) in [5.74, 6) is -0.0445. The summed E-state index contributed by atoms with van der Waals surface area (Å²) in [6, 6.07) is 20.2. The number of carbonyl (C=O) groups is 1. The van der Waals surface area contributed by atoms with Crippen LogP contribution in [0.1, 0.15) is 28.4 Å². The molecule has 0 saturated carbocycles. The SMILES string of the molecule is CCOc1cc(C=NNC(=O)c2cc3ccccc3cc2O)c(Br)cc1OCc1cccc(F)c1.